The van der Waals surface area contributed by atoms with E-state index >= 15 is 0 Å². The van der Waals surface area contributed by atoms with E-state index in [4.69, 9.17) is 9.84 Å². The van der Waals surface area contributed by atoms with Crippen LogP contribution in [-0.2, 0) is 11.2 Å². The molecule has 0 unspecified atom stereocenters. The molecule has 136 valence electrons. The molecule has 4 heteroatoms. The molecule has 1 aromatic rings. The third-order valence-electron chi connectivity index (χ3n) is 5.36. The van der Waals surface area contributed by atoms with Crippen molar-refractivity contribution in [3.63, 3.8) is 0 Å². The van der Waals surface area contributed by atoms with Crippen molar-refractivity contribution in [1.29, 1.82) is 0 Å². The number of ether oxygens (including phenoxy) is 1. The van der Waals surface area contributed by atoms with Crippen LogP contribution in [0.4, 0.5) is 0 Å². The van der Waals surface area contributed by atoms with Gasteiger partial charge >= 0.3 is 5.97 Å². The van der Waals surface area contributed by atoms with E-state index < -0.39 is 5.97 Å². The standard InChI is InChI=1S/C21H29NO3/c1-4-5-15(3)25-20-7-6-16-9-18(14(2)8-17(16)10-20)11-22-12-19(13-22)21(23)24/h6-7,9-10,14-15,19H,4-5,8,11-13H2,1-3H3,(H,23,24)/t14-,15+/m1/s1. The van der Waals surface area contributed by atoms with Crippen LogP contribution in [0, 0.1) is 11.8 Å². The number of carboxylic acids is 1. The highest BCUT2D eigenvalue weighted by Gasteiger charge is 2.33. The van der Waals surface area contributed by atoms with Crippen LogP contribution >= 0.6 is 0 Å². The van der Waals surface area contributed by atoms with Crippen molar-refractivity contribution in [3.05, 3.63) is 34.9 Å². The maximum Gasteiger partial charge on any atom is 0.309 e. The maximum absolute atomic E-state index is 10.9. The molecule has 0 amide bonds. The number of likely N-dealkylation sites (tertiary alicyclic amines) is 1. The smallest absolute Gasteiger partial charge is 0.309 e. The van der Waals surface area contributed by atoms with Gasteiger partial charge in [-0.3, -0.25) is 9.69 Å². The molecule has 1 saturated heterocycles. The molecule has 1 aromatic carbocycles. The van der Waals surface area contributed by atoms with Crippen molar-refractivity contribution in [2.45, 2.75) is 46.1 Å². The Morgan fingerprint density at radius 1 is 1.40 bits per heavy atom. The number of carboxylic acid groups (broad SMARTS) is 1. The van der Waals surface area contributed by atoms with Gasteiger partial charge in [-0.2, -0.15) is 0 Å². The van der Waals surface area contributed by atoms with Crippen LogP contribution in [0.2, 0.25) is 0 Å². The zero-order valence-corrected chi connectivity index (χ0v) is 15.5. The second-order valence-electron chi connectivity index (χ2n) is 7.63. The normalized spacial score (nSPS) is 21.9. The topological polar surface area (TPSA) is 49.8 Å². The summed E-state index contributed by atoms with van der Waals surface area (Å²) in [6, 6.07) is 6.42. The lowest BCUT2D eigenvalue weighted by Gasteiger charge is -2.38. The van der Waals surface area contributed by atoms with Crippen molar-refractivity contribution < 1.29 is 14.6 Å². The minimum Gasteiger partial charge on any atom is -0.491 e. The molecule has 0 saturated carbocycles. The average Bonchev–Trinajstić information content (AvgIpc) is 2.50. The lowest BCUT2D eigenvalue weighted by Crippen LogP contribution is -2.51. The van der Waals surface area contributed by atoms with E-state index in [9.17, 15) is 4.79 Å². The maximum atomic E-state index is 10.9. The largest absolute Gasteiger partial charge is 0.491 e. The van der Waals surface area contributed by atoms with Crippen LogP contribution in [-0.4, -0.2) is 41.7 Å². The van der Waals surface area contributed by atoms with Crippen LogP contribution in [0.15, 0.2) is 23.8 Å². The second kappa shape index (κ2) is 7.61. The highest BCUT2D eigenvalue weighted by atomic mass is 16.5. The van der Waals surface area contributed by atoms with Gasteiger partial charge in [0, 0.05) is 19.6 Å². The quantitative estimate of drug-likeness (QED) is 0.817. The van der Waals surface area contributed by atoms with Crippen LogP contribution in [0.5, 0.6) is 5.75 Å². The van der Waals surface area contributed by atoms with Gasteiger partial charge in [-0.1, -0.05) is 38.0 Å². The SMILES string of the molecule is CCC[C@H](C)Oc1ccc2c(c1)C[C@@H](C)C(CN1CC(C(=O)O)C1)=C2. The molecule has 2 aliphatic rings. The van der Waals surface area contributed by atoms with Gasteiger partial charge in [0.2, 0.25) is 0 Å². The van der Waals surface area contributed by atoms with E-state index in [1.54, 1.807) is 0 Å². The third kappa shape index (κ3) is 4.24. The monoisotopic (exact) mass is 343 g/mol. The molecule has 0 radical (unpaired) electrons. The molecule has 0 bridgehead atoms. The van der Waals surface area contributed by atoms with E-state index in [1.807, 2.05) is 0 Å². The molecule has 1 aliphatic heterocycles. The number of aliphatic carboxylic acids is 1. The minimum absolute atomic E-state index is 0.184. The summed E-state index contributed by atoms with van der Waals surface area (Å²) in [5.41, 5.74) is 4.03. The van der Waals surface area contributed by atoms with Crippen molar-refractivity contribution in [2.75, 3.05) is 19.6 Å². The number of fused-ring (bicyclic) bond motifs is 1. The highest BCUT2D eigenvalue weighted by Crippen LogP contribution is 2.32. The van der Waals surface area contributed by atoms with E-state index in [0.29, 0.717) is 19.0 Å². The summed E-state index contributed by atoms with van der Waals surface area (Å²) < 4.78 is 6.02. The summed E-state index contributed by atoms with van der Waals surface area (Å²) in [7, 11) is 0. The Labute approximate surface area is 150 Å². The Hall–Kier alpha value is -1.81. The molecule has 25 heavy (non-hydrogen) atoms. The fourth-order valence-electron chi connectivity index (χ4n) is 3.79. The van der Waals surface area contributed by atoms with E-state index in [2.05, 4.69) is 49.9 Å². The van der Waals surface area contributed by atoms with Gasteiger partial charge in [-0.15, -0.1) is 0 Å². The molecule has 1 fully saturated rings. The van der Waals surface area contributed by atoms with Gasteiger partial charge in [0.1, 0.15) is 5.75 Å². The van der Waals surface area contributed by atoms with Gasteiger partial charge < -0.3 is 9.84 Å². The summed E-state index contributed by atoms with van der Waals surface area (Å²) >= 11 is 0. The predicted octanol–water partition coefficient (Wildman–Crippen LogP) is 3.85. The van der Waals surface area contributed by atoms with Gasteiger partial charge in [0.15, 0.2) is 0 Å². The van der Waals surface area contributed by atoms with Crippen LogP contribution in [0.25, 0.3) is 6.08 Å². The fraction of sp³-hybridized carbons (Fsp3) is 0.571. The van der Waals surface area contributed by atoms with Crippen LogP contribution in [0.3, 0.4) is 0 Å². The first kappa shape index (κ1) is 18.0. The van der Waals surface area contributed by atoms with Crippen molar-refractivity contribution in [1.82, 2.24) is 4.90 Å². The molecule has 0 spiro atoms. The highest BCUT2D eigenvalue weighted by molar-refractivity contribution is 5.71. The number of benzene rings is 1. The molecule has 1 aliphatic carbocycles. The number of rotatable bonds is 7. The van der Waals surface area contributed by atoms with Crippen LogP contribution in [0.1, 0.15) is 44.7 Å². The molecule has 4 nitrogen and oxygen atoms in total. The van der Waals surface area contributed by atoms with E-state index in [1.165, 1.54) is 16.7 Å². The Morgan fingerprint density at radius 3 is 2.84 bits per heavy atom. The lowest BCUT2D eigenvalue weighted by atomic mass is 9.83. The fourth-order valence-corrected chi connectivity index (χ4v) is 3.79. The van der Waals surface area contributed by atoms with Gasteiger partial charge in [-0.05, 0) is 48.9 Å². The Balaban J connectivity index is 1.65. The zero-order chi connectivity index (χ0) is 18.0. The molecule has 1 heterocycles. The number of nitrogens with zero attached hydrogens (tertiary/aromatic N) is 1. The molecule has 0 aromatic heterocycles. The molecule has 3 rings (SSSR count). The first-order valence-corrected chi connectivity index (χ1v) is 9.41. The first-order valence-electron chi connectivity index (χ1n) is 9.41. The number of hydrogen-bond donors (Lipinski definition) is 1. The summed E-state index contributed by atoms with van der Waals surface area (Å²) in [5.74, 6) is 0.601. The van der Waals surface area contributed by atoms with Crippen molar-refractivity contribution in [2.24, 2.45) is 11.8 Å². The summed E-state index contributed by atoms with van der Waals surface area (Å²) in [6.07, 6.45) is 5.77. The van der Waals surface area contributed by atoms with E-state index in [0.717, 1.165) is 31.6 Å². The molecule has 1 N–H and O–H groups in total. The molecular formula is C21H29NO3. The van der Waals surface area contributed by atoms with Crippen molar-refractivity contribution >= 4 is 12.0 Å². The van der Waals surface area contributed by atoms with Crippen LogP contribution < -0.4 is 4.74 Å². The summed E-state index contributed by atoms with van der Waals surface area (Å²) in [5, 5.41) is 9.01. The second-order valence-corrected chi connectivity index (χ2v) is 7.63. The summed E-state index contributed by atoms with van der Waals surface area (Å²) in [4.78, 5) is 13.2. The van der Waals surface area contributed by atoms with Gasteiger partial charge in [-0.25, -0.2) is 0 Å². The van der Waals surface area contributed by atoms with Gasteiger partial charge in [0.25, 0.3) is 0 Å². The summed E-state index contributed by atoms with van der Waals surface area (Å²) in [6.45, 7) is 8.80. The lowest BCUT2D eigenvalue weighted by molar-refractivity contribution is -0.147. The predicted molar refractivity (Wildman–Crippen MR) is 99.9 cm³/mol. The Kier molecular flexibility index (Phi) is 5.48. The average molecular weight is 343 g/mol. The molecule has 2 atom stereocenters. The minimum atomic E-state index is -0.669. The zero-order valence-electron chi connectivity index (χ0n) is 15.5. The number of hydrogen-bond acceptors (Lipinski definition) is 3. The first-order chi connectivity index (χ1) is 12.0. The number of carbonyl (C=O) groups is 1. The Bertz CT molecular complexity index is 661. The Morgan fingerprint density at radius 2 is 2.16 bits per heavy atom. The van der Waals surface area contributed by atoms with E-state index in [-0.39, 0.29) is 12.0 Å². The van der Waals surface area contributed by atoms with Gasteiger partial charge in [0.05, 0.1) is 12.0 Å². The third-order valence-corrected chi connectivity index (χ3v) is 5.36. The molecular weight excluding hydrogens is 314 g/mol. The van der Waals surface area contributed by atoms with Crippen molar-refractivity contribution in [3.8, 4) is 5.75 Å².